The van der Waals surface area contributed by atoms with Gasteiger partial charge in [-0.2, -0.15) is 0 Å². The van der Waals surface area contributed by atoms with E-state index >= 15 is 0 Å². The van der Waals surface area contributed by atoms with Crippen LogP contribution in [0.5, 0.6) is 0 Å². The van der Waals surface area contributed by atoms with Crippen LogP contribution in [0.1, 0.15) is 12.0 Å². The van der Waals surface area contributed by atoms with Crippen LogP contribution in [0.25, 0.3) is 0 Å². The molecule has 6 heteroatoms. The third-order valence-electron chi connectivity index (χ3n) is 4.23. The van der Waals surface area contributed by atoms with Crippen molar-refractivity contribution in [1.82, 2.24) is 0 Å². The summed E-state index contributed by atoms with van der Waals surface area (Å²) in [5.74, 6) is -0.465. The summed E-state index contributed by atoms with van der Waals surface area (Å²) < 4.78 is 5.08. The number of hydrogen-bond donors (Lipinski definition) is 0. The van der Waals surface area contributed by atoms with Crippen LogP contribution in [0, 0.1) is 10.1 Å². The number of likely N-dealkylation sites (N-methyl/N-ethyl adjacent to an activating group) is 1. The maximum Gasteiger partial charge on any atom is 0.336 e. The van der Waals surface area contributed by atoms with Crippen molar-refractivity contribution in [3.05, 3.63) is 82.9 Å². The third kappa shape index (κ3) is 3.38. The first-order valence-corrected chi connectivity index (χ1v) is 7.70. The second-order valence-electron chi connectivity index (χ2n) is 5.54. The van der Waals surface area contributed by atoms with Gasteiger partial charge in [-0.05, 0) is 29.8 Å². The molecule has 130 valence electrons. The van der Waals surface area contributed by atoms with Gasteiger partial charge in [0, 0.05) is 31.3 Å². The van der Waals surface area contributed by atoms with Crippen LogP contribution in [0.4, 0.5) is 11.4 Å². The largest absolute Gasteiger partial charge is 0.467 e. The summed E-state index contributed by atoms with van der Waals surface area (Å²) in [5.41, 5.74) is 0.195. The number of nitro groups is 1. The molecule has 0 aliphatic heterocycles. The van der Waals surface area contributed by atoms with Gasteiger partial charge in [-0.25, -0.2) is 4.79 Å². The standard InChI is InChI=1S/C19H20N2O4/c1-4-14-19(18(22)25-3,20(2)16-8-6-5-7-9-16)15-10-12-17(13-11-15)21(23)24/h4-13H,1,14H2,2-3H3. The Kier molecular flexibility index (Phi) is 5.54. The van der Waals surface area contributed by atoms with Crippen LogP contribution in [0.3, 0.4) is 0 Å². The SMILES string of the molecule is C=CCC(C(=O)OC)(c1ccc([N+](=O)[O-])cc1)N(C)c1ccccc1. The van der Waals surface area contributed by atoms with Crippen molar-refractivity contribution in [3.8, 4) is 0 Å². The molecule has 0 fully saturated rings. The topological polar surface area (TPSA) is 72.7 Å². The normalized spacial score (nSPS) is 12.7. The monoisotopic (exact) mass is 340 g/mol. The van der Waals surface area contributed by atoms with Gasteiger partial charge >= 0.3 is 5.97 Å². The zero-order valence-electron chi connectivity index (χ0n) is 14.2. The van der Waals surface area contributed by atoms with E-state index in [1.165, 1.54) is 19.2 Å². The molecule has 0 radical (unpaired) electrons. The molecule has 0 heterocycles. The van der Waals surface area contributed by atoms with E-state index in [1.807, 2.05) is 35.2 Å². The Hall–Kier alpha value is -3.15. The summed E-state index contributed by atoms with van der Waals surface area (Å²) in [7, 11) is 3.11. The Balaban J connectivity index is 2.64. The van der Waals surface area contributed by atoms with Gasteiger partial charge in [0.15, 0.2) is 5.54 Å². The van der Waals surface area contributed by atoms with Crippen molar-refractivity contribution in [1.29, 1.82) is 0 Å². The molecule has 0 bridgehead atoms. The smallest absolute Gasteiger partial charge is 0.336 e. The highest BCUT2D eigenvalue weighted by molar-refractivity contribution is 5.87. The number of hydrogen-bond acceptors (Lipinski definition) is 5. The summed E-state index contributed by atoms with van der Waals surface area (Å²) in [5, 5.41) is 10.9. The summed E-state index contributed by atoms with van der Waals surface area (Å²) in [6, 6.07) is 15.3. The van der Waals surface area contributed by atoms with Gasteiger partial charge in [-0.3, -0.25) is 10.1 Å². The molecule has 1 unspecified atom stereocenters. The maximum absolute atomic E-state index is 12.8. The molecule has 1 atom stereocenters. The van der Waals surface area contributed by atoms with Crippen molar-refractivity contribution < 1.29 is 14.5 Å². The molecule has 2 rings (SSSR count). The number of carbonyl (C=O) groups is 1. The van der Waals surface area contributed by atoms with Crippen molar-refractivity contribution in [2.45, 2.75) is 12.0 Å². The Labute approximate surface area is 146 Å². The van der Waals surface area contributed by atoms with E-state index in [-0.39, 0.29) is 12.1 Å². The quantitative estimate of drug-likeness (QED) is 0.333. The average molecular weight is 340 g/mol. The van der Waals surface area contributed by atoms with Crippen molar-refractivity contribution >= 4 is 17.3 Å². The van der Waals surface area contributed by atoms with E-state index in [2.05, 4.69) is 6.58 Å². The zero-order valence-corrected chi connectivity index (χ0v) is 14.2. The number of ether oxygens (including phenoxy) is 1. The summed E-state index contributed by atoms with van der Waals surface area (Å²) in [6.45, 7) is 3.77. The first kappa shape index (κ1) is 18.2. The minimum atomic E-state index is -1.17. The van der Waals surface area contributed by atoms with Crippen LogP contribution >= 0.6 is 0 Å². The lowest BCUT2D eigenvalue weighted by atomic mass is 9.84. The molecule has 0 aliphatic rings. The lowest BCUT2D eigenvalue weighted by Crippen LogP contribution is -2.51. The van der Waals surface area contributed by atoms with Crippen LogP contribution in [-0.4, -0.2) is 25.1 Å². The second-order valence-corrected chi connectivity index (χ2v) is 5.54. The molecular formula is C19H20N2O4. The molecule has 0 aromatic heterocycles. The molecule has 2 aromatic carbocycles. The first-order valence-electron chi connectivity index (χ1n) is 7.70. The Morgan fingerprint density at radius 1 is 1.24 bits per heavy atom. The van der Waals surface area contributed by atoms with Gasteiger partial charge in [0.05, 0.1) is 12.0 Å². The summed E-state index contributed by atoms with van der Waals surface area (Å²) >= 11 is 0. The fraction of sp³-hybridized carbons (Fsp3) is 0.211. The van der Waals surface area contributed by atoms with Gasteiger partial charge in [0.25, 0.3) is 5.69 Å². The van der Waals surface area contributed by atoms with E-state index in [9.17, 15) is 14.9 Å². The van der Waals surface area contributed by atoms with Gasteiger partial charge in [0.1, 0.15) is 0 Å². The predicted octanol–water partition coefficient (Wildman–Crippen LogP) is 3.68. The molecule has 0 aliphatic carbocycles. The highest BCUT2D eigenvalue weighted by Crippen LogP contribution is 2.37. The van der Waals surface area contributed by atoms with E-state index in [0.29, 0.717) is 5.56 Å². The Morgan fingerprint density at radius 2 is 1.84 bits per heavy atom. The molecule has 6 nitrogen and oxygen atoms in total. The van der Waals surface area contributed by atoms with Gasteiger partial charge in [0.2, 0.25) is 0 Å². The van der Waals surface area contributed by atoms with Crippen LogP contribution in [-0.2, 0) is 15.1 Å². The third-order valence-corrected chi connectivity index (χ3v) is 4.23. The number of rotatable bonds is 7. The molecule has 0 saturated carbocycles. The molecule has 0 N–H and O–H groups in total. The molecule has 0 spiro atoms. The highest BCUT2D eigenvalue weighted by atomic mass is 16.6. The molecule has 0 saturated heterocycles. The van der Waals surface area contributed by atoms with Crippen LogP contribution < -0.4 is 4.90 Å². The molecule has 0 amide bonds. The van der Waals surface area contributed by atoms with Crippen molar-refractivity contribution in [2.75, 3.05) is 19.1 Å². The summed E-state index contributed by atoms with van der Waals surface area (Å²) in [6.07, 6.45) is 1.92. The number of anilines is 1. The number of non-ortho nitro benzene ring substituents is 1. The van der Waals surface area contributed by atoms with E-state index in [0.717, 1.165) is 5.69 Å². The Bertz CT molecular complexity index is 759. The van der Waals surface area contributed by atoms with Gasteiger partial charge in [-0.15, -0.1) is 6.58 Å². The fourth-order valence-electron chi connectivity index (χ4n) is 2.90. The number of carbonyl (C=O) groups excluding carboxylic acids is 1. The van der Waals surface area contributed by atoms with Crippen molar-refractivity contribution in [3.63, 3.8) is 0 Å². The van der Waals surface area contributed by atoms with Crippen molar-refractivity contribution in [2.24, 2.45) is 0 Å². The zero-order chi connectivity index (χ0) is 18.4. The van der Waals surface area contributed by atoms with E-state index < -0.39 is 16.4 Å². The van der Waals surface area contributed by atoms with Gasteiger partial charge in [-0.1, -0.05) is 24.3 Å². The number of nitrogens with zero attached hydrogens (tertiary/aromatic N) is 2. The minimum Gasteiger partial charge on any atom is -0.467 e. The fourth-order valence-corrected chi connectivity index (χ4v) is 2.90. The van der Waals surface area contributed by atoms with E-state index in [1.54, 1.807) is 25.3 Å². The highest BCUT2D eigenvalue weighted by Gasteiger charge is 2.44. The number of benzene rings is 2. The molecule has 25 heavy (non-hydrogen) atoms. The van der Waals surface area contributed by atoms with E-state index in [4.69, 9.17) is 4.74 Å². The average Bonchev–Trinajstić information content (AvgIpc) is 2.65. The number of nitro benzene ring substituents is 1. The first-order chi connectivity index (χ1) is 12.0. The molecular weight excluding hydrogens is 320 g/mol. The number of esters is 1. The lowest BCUT2D eigenvalue weighted by molar-refractivity contribution is -0.384. The number of methoxy groups -OCH3 is 1. The predicted molar refractivity (Wildman–Crippen MR) is 96.4 cm³/mol. The number of para-hydroxylation sites is 1. The molecule has 2 aromatic rings. The Morgan fingerprint density at radius 3 is 2.32 bits per heavy atom. The van der Waals surface area contributed by atoms with Crippen LogP contribution in [0.15, 0.2) is 67.3 Å². The second kappa shape index (κ2) is 7.61. The van der Waals surface area contributed by atoms with Crippen LogP contribution in [0.2, 0.25) is 0 Å². The van der Waals surface area contributed by atoms with Gasteiger partial charge < -0.3 is 9.64 Å². The maximum atomic E-state index is 12.8. The lowest BCUT2D eigenvalue weighted by Gasteiger charge is -2.40. The summed E-state index contributed by atoms with van der Waals surface area (Å²) in [4.78, 5) is 25.1. The minimum absolute atomic E-state index is 0.0384.